The van der Waals surface area contributed by atoms with E-state index >= 15 is 0 Å². The van der Waals surface area contributed by atoms with E-state index in [1.165, 1.54) is 36.7 Å². The minimum atomic E-state index is -0.650. The standard InChI is InChI=1S/C13H10BrN5O5S/c1-7(20)16-13-17-10(6-25-13)12(21)18-15-5-8(14)4-9-2-3-11(24-9)19(22)23/h2-6H,1H3,(H,18,21)(H,16,17,20). The summed E-state index contributed by atoms with van der Waals surface area (Å²) in [6, 6.07) is 2.64. The van der Waals surface area contributed by atoms with Crippen LogP contribution in [-0.2, 0) is 4.79 Å². The van der Waals surface area contributed by atoms with Crippen LogP contribution in [0.1, 0.15) is 23.2 Å². The maximum atomic E-state index is 11.8. The van der Waals surface area contributed by atoms with E-state index in [9.17, 15) is 19.7 Å². The van der Waals surface area contributed by atoms with Gasteiger partial charge >= 0.3 is 5.88 Å². The minimum Gasteiger partial charge on any atom is -0.401 e. The number of nitrogens with one attached hydrogen (secondary N) is 2. The van der Waals surface area contributed by atoms with Crippen molar-refractivity contribution >= 4 is 62.4 Å². The lowest BCUT2D eigenvalue weighted by molar-refractivity contribution is -0.402. The SMILES string of the molecule is CC(=O)Nc1nc(C(=O)NN=CC(Br)=Cc2ccc([N+](=O)[O-])o2)cs1. The molecule has 0 saturated carbocycles. The molecule has 2 N–H and O–H groups in total. The molecule has 0 atom stereocenters. The number of carbonyl (C=O) groups excluding carboxylic acids is 2. The number of rotatable bonds is 6. The Labute approximate surface area is 152 Å². The van der Waals surface area contributed by atoms with Gasteiger partial charge in [0.05, 0.1) is 12.3 Å². The van der Waals surface area contributed by atoms with Gasteiger partial charge in [-0.1, -0.05) is 0 Å². The number of thiazole rings is 1. The Morgan fingerprint density at radius 2 is 2.24 bits per heavy atom. The van der Waals surface area contributed by atoms with E-state index in [4.69, 9.17) is 4.42 Å². The number of hydrazone groups is 1. The molecule has 0 spiro atoms. The first-order valence-electron chi connectivity index (χ1n) is 6.53. The normalized spacial score (nSPS) is 11.5. The van der Waals surface area contributed by atoms with Crippen LogP contribution in [0.5, 0.6) is 0 Å². The molecule has 2 rings (SSSR count). The Balaban J connectivity index is 1.93. The van der Waals surface area contributed by atoms with E-state index in [-0.39, 0.29) is 23.2 Å². The first-order chi connectivity index (χ1) is 11.8. The lowest BCUT2D eigenvalue weighted by atomic mass is 10.4. The molecule has 0 fully saturated rings. The van der Waals surface area contributed by atoms with E-state index in [2.05, 4.69) is 36.8 Å². The molecule has 0 radical (unpaired) electrons. The first kappa shape index (κ1) is 18.5. The van der Waals surface area contributed by atoms with Gasteiger partial charge in [0.15, 0.2) is 5.13 Å². The highest BCUT2D eigenvalue weighted by Gasteiger charge is 2.11. The average Bonchev–Trinajstić information content (AvgIpc) is 3.16. The Morgan fingerprint density at radius 3 is 2.88 bits per heavy atom. The first-order valence-corrected chi connectivity index (χ1v) is 8.20. The van der Waals surface area contributed by atoms with Crippen molar-refractivity contribution in [2.75, 3.05) is 5.32 Å². The van der Waals surface area contributed by atoms with Crippen molar-refractivity contribution < 1.29 is 18.9 Å². The second-order valence-electron chi connectivity index (χ2n) is 4.38. The second kappa shape index (κ2) is 8.30. The molecule has 0 bridgehead atoms. The largest absolute Gasteiger partial charge is 0.433 e. The fourth-order valence-corrected chi connectivity index (χ4v) is 2.55. The highest BCUT2D eigenvalue weighted by atomic mass is 79.9. The van der Waals surface area contributed by atoms with Crippen molar-refractivity contribution in [2.24, 2.45) is 5.10 Å². The Morgan fingerprint density at radius 1 is 1.48 bits per heavy atom. The van der Waals surface area contributed by atoms with E-state index in [1.54, 1.807) is 0 Å². The van der Waals surface area contributed by atoms with Crippen LogP contribution in [0.4, 0.5) is 11.0 Å². The highest BCUT2D eigenvalue weighted by Crippen LogP contribution is 2.19. The molecule has 2 aromatic rings. The molecular formula is C13H10BrN5O5S. The molecule has 0 aliphatic carbocycles. The van der Waals surface area contributed by atoms with Gasteiger partial charge in [-0.05, 0) is 28.1 Å². The number of nitro groups is 1. The number of carbonyl (C=O) groups is 2. The van der Waals surface area contributed by atoms with Gasteiger partial charge in [-0.15, -0.1) is 11.3 Å². The number of furan rings is 1. The van der Waals surface area contributed by atoms with Gasteiger partial charge < -0.3 is 9.73 Å². The number of anilines is 1. The van der Waals surface area contributed by atoms with E-state index in [0.717, 1.165) is 11.3 Å². The maximum Gasteiger partial charge on any atom is 0.433 e. The van der Waals surface area contributed by atoms with Gasteiger partial charge in [-0.25, -0.2) is 10.4 Å². The van der Waals surface area contributed by atoms with Crippen LogP contribution in [-0.4, -0.2) is 27.9 Å². The summed E-state index contributed by atoms with van der Waals surface area (Å²) in [6.07, 6.45) is 2.72. The van der Waals surface area contributed by atoms with Crippen LogP contribution >= 0.6 is 27.3 Å². The number of hydrogen-bond acceptors (Lipinski definition) is 8. The van der Waals surface area contributed by atoms with Crippen LogP contribution in [0.15, 0.2) is 31.5 Å². The third-order valence-corrected chi connectivity index (χ3v) is 3.64. The third kappa shape index (κ3) is 5.61. The summed E-state index contributed by atoms with van der Waals surface area (Å²) in [5, 5.41) is 18.5. The Bertz CT molecular complexity index is 872. The number of aromatic nitrogens is 1. The minimum absolute atomic E-state index is 0.104. The molecule has 0 unspecified atom stereocenters. The zero-order valence-corrected chi connectivity index (χ0v) is 15.0. The zero-order chi connectivity index (χ0) is 18.4. The van der Waals surface area contributed by atoms with Crippen LogP contribution in [0.3, 0.4) is 0 Å². The number of hydrogen-bond donors (Lipinski definition) is 2. The van der Waals surface area contributed by atoms with Gasteiger partial charge in [0, 0.05) is 16.8 Å². The molecule has 0 aliphatic rings. The summed E-state index contributed by atoms with van der Waals surface area (Å²) >= 11 is 4.28. The Kier molecular flexibility index (Phi) is 6.14. The molecular weight excluding hydrogens is 418 g/mol. The fourth-order valence-electron chi connectivity index (χ4n) is 1.49. The van der Waals surface area contributed by atoms with E-state index in [0.29, 0.717) is 9.61 Å². The quantitative estimate of drug-likeness (QED) is 0.412. The van der Waals surface area contributed by atoms with Gasteiger partial charge in [0.2, 0.25) is 5.91 Å². The monoisotopic (exact) mass is 427 g/mol. The van der Waals surface area contributed by atoms with Crippen LogP contribution in [0.25, 0.3) is 6.08 Å². The van der Waals surface area contributed by atoms with Crippen molar-refractivity contribution in [3.05, 3.63) is 43.6 Å². The molecule has 12 heteroatoms. The lowest BCUT2D eigenvalue weighted by Gasteiger charge is -1.95. The fraction of sp³-hybridized carbons (Fsp3) is 0.0769. The van der Waals surface area contributed by atoms with Crippen molar-refractivity contribution in [3.63, 3.8) is 0 Å². The highest BCUT2D eigenvalue weighted by molar-refractivity contribution is 9.12. The van der Waals surface area contributed by atoms with Gasteiger partial charge in [0.1, 0.15) is 16.4 Å². The van der Waals surface area contributed by atoms with Crippen LogP contribution in [0, 0.1) is 10.1 Å². The summed E-state index contributed by atoms with van der Waals surface area (Å²) in [5.41, 5.74) is 2.36. The molecule has 2 heterocycles. The summed E-state index contributed by atoms with van der Waals surface area (Å²) in [4.78, 5) is 36.5. The topological polar surface area (TPSA) is 140 Å². The van der Waals surface area contributed by atoms with E-state index < -0.39 is 10.8 Å². The summed E-state index contributed by atoms with van der Waals surface area (Å²) < 4.78 is 5.36. The molecule has 2 aromatic heterocycles. The van der Waals surface area contributed by atoms with Gasteiger partial charge in [0.25, 0.3) is 5.91 Å². The lowest BCUT2D eigenvalue weighted by Crippen LogP contribution is -2.18. The van der Waals surface area contributed by atoms with Crippen LogP contribution < -0.4 is 10.7 Å². The molecule has 0 saturated heterocycles. The molecule has 130 valence electrons. The van der Waals surface area contributed by atoms with Crippen LogP contribution in [0.2, 0.25) is 0 Å². The predicted molar refractivity (Wildman–Crippen MR) is 94.6 cm³/mol. The summed E-state index contributed by atoms with van der Waals surface area (Å²) in [7, 11) is 0. The van der Waals surface area contributed by atoms with Gasteiger partial charge in [-0.2, -0.15) is 5.10 Å². The number of nitrogens with zero attached hydrogens (tertiary/aromatic N) is 3. The second-order valence-corrected chi connectivity index (χ2v) is 6.15. The maximum absolute atomic E-state index is 11.8. The molecule has 0 aliphatic heterocycles. The zero-order valence-electron chi connectivity index (χ0n) is 12.6. The summed E-state index contributed by atoms with van der Waals surface area (Å²) in [5.74, 6) is -0.976. The molecule has 25 heavy (non-hydrogen) atoms. The predicted octanol–water partition coefficient (Wildman–Crippen LogP) is 2.75. The molecule has 0 aromatic carbocycles. The van der Waals surface area contributed by atoms with Crippen molar-refractivity contribution in [3.8, 4) is 0 Å². The van der Waals surface area contributed by atoms with E-state index in [1.807, 2.05) is 0 Å². The van der Waals surface area contributed by atoms with Crippen molar-refractivity contribution in [1.82, 2.24) is 10.4 Å². The summed E-state index contributed by atoms with van der Waals surface area (Å²) in [6.45, 7) is 1.34. The van der Waals surface area contributed by atoms with Crippen molar-refractivity contribution in [1.29, 1.82) is 0 Å². The number of amides is 2. The number of halogens is 1. The third-order valence-electron chi connectivity index (χ3n) is 2.45. The molecule has 2 amide bonds. The number of allylic oxidation sites excluding steroid dienone is 1. The van der Waals surface area contributed by atoms with Crippen molar-refractivity contribution in [2.45, 2.75) is 6.92 Å². The average molecular weight is 428 g/mol. The van der Waals surface area contributed by atoms with Gasteiger partial charge in [-0.3, -0.25) is 19.7 Å². The Hall–Kier alpha value is -2.86. The molecule has 10 nitrogen and oxygen atoms in total. The smallest absolute Gasteiger partial charge is 0.401 e.